The molecule has 1 heterocycles. The number of aromatic nitrogens is 1. The predicted octanol–water partition coefficient (Wildman–Crippen LogP) is 1.53. The van der Waals surface area contributed by atoms with E-state index in [9.17, 15) is 12.8 Å². The highest BCUT2D eigenvalue weighted by Gasteiger charge is 2.10. The zero-order chi connectivity index (χ0) is 14.8. The lowest BCUT2D eigenvalue weighted by atomic mass is 10.2. The van der Waals surface area contributed by atoms with Crippen molar-refractivity contribution in [3.63, 3.8) is 0 Å². The predicted molar refractivity (Wildman–Crippen MR) is 66.8 cm³/mol. The molecule has 0 atom stereocenters. The van der Waals surface area contributed by atoms with Crippen molar-refractivity contribution in [2.75, 3.05) is 0 Å². The molecule has 2 aromatic rings. The van der Waals surface area contributed by atoms with Gasteiger partial charge >= 0.3 is 0 Å². The Hall–Kier alpha value is -2.50. The second kappa shape index (κ2) is 5.24. The van der Waals surface area contributed by atoms with Crippen molar-refractivity contribution in [2.45, 2.75) is 4.90 Å². The number of pyridine rings is 1. The van der Waals surface area contributed by atoms with E-state index in [1.165, 1.54) is 24.3 Å². The lowest BCUT2D eigenvalue weighted by Gasteiger charge is -2.06. The van der Waals surface area contributed by atoms with Crippen molar-refractivity contribution in [3.8, 4) is 17.7 Å². The molecule has 2 N–H and O–H groups in total. The summed E-state index contributed by atoms with van der Waals surface area (Å²) in [5, 5.41) is 13.5. The smallest absolute Gasteiger partial charge is 0.239 e. The molecule has 0 radical (unpaired) electrons. The second-order valence-electron chi connectivity index (χ2n) is 3.74. The third-order valence-corrected chi connectivity index (χ3v) is 3.21. The number of hydrogen-bond donors (Lipinski definition) is 1. The van der Waals surface area contributed by atoms with Crippen LogP contribution in [0.1, 0.15) is 5.56 Å². The molecule has 1 aromatic carbocycles. The van der Waals surface area contributed by atoms with Gasteiger partial charge in [0.05, 0.1) is 17.8 Å². The summed E-state index contributed by atoms with van der Waals surface area (Å²) in [4.78, 5) is 3.54. The third-order valence-electron chi connectivity index (χ3n) is 2.31. The molecule has 0 bridgehead atoms. The summed E-state index contributed by atoms with van der Waals surface area (Å²) in [6, 6.07) is 7.92. The Kier molecular flexibility index (Phi) is 3.65. The first-order valence-electron chi connectivity index (χ1n) is 5.26. The van der Waals surface area contributed by atoms with Crippen LogP contribution in [-0.4, -0.2) is 13.4 Å². The molecule has 0 amide bonds. The minimum Gasteiger partial charge on any atom is -0.436 e. The Morgan fingerprint density at radius 1 is 1.30 bits per heavy atom. The number of nitrogens with two attached hydrogens (primary N) is 1. The average molecular weight is 293 g/mol. The van der Waals surface area contributed by atoms with E-state index < -0.39 is 15.8 Å². The lowest BCUT2D eigenvalue weighted by molar-refractivity contribution is 0.426. The number of benzene rings is 1. The largest absolute Gasteiger partial charge is 0.436 e. The zero-order valence-corrected chi connectivity index (χ0v) is 10.8. The van der Waals surface area contributed by atoms with Gasteiger partial charge in [0, 0.05) is 6.07 Å². The summed E-state index contributed by atoms with van der Waals surface area (Å²) < 4.78 is 40.8. The van der Waals surface area contributed by atoms with Crippen molar-refractivity contribution in [2.24, 2.45) is 5.14 Å². The minimum atomic E-state index is -3.84. The van der Waals surface area contributed by atoms with Gasteiger partial charge < -0.3 is 4.74 Å². The van der Waals surface area contributed by atoms with Gasteiger partial charge in [-0.2, -0.15) is 5.26 Å². The van der Waals surface area contributed by atoms with E-state index >= 15 is 0 Å². The quantitative estimate of drug-likeness (QED) is 0.923. The summed E-state index contributed by atoms with van der Waals surface area (Å²) in [6.45, 7) is 0. The summed E-state index contributed by atoms with van der Waals surface area (Å²) in [5.74, 6) is -0.845. The molecule has 6 nitrogen and oxygen atoms in total. The van der Waals surface area contributed by atoms with Crippen LogP contribution in [0.15, 0.2) is 41.4 Å². The summed E-state index contributed by atoms with van der Waals surface area (Å²) in [6.07, 6.45) is 1.01. The number of nitriles is 1. The van der Waals surface area contributed by atoms with E-state index in [0.717, 1.165) is 12.3 Å². The fraction of sp³-hybridized carbons (Fsp3) is 0. The number of rotatable bonds is 3. The Bertz CT molecular complexity index is 783. The van der Waals surface area contributed by atoms with Crippen molar-refractivity contribution in [3.05, 3.63) is 47.9 Å². The normalized spacial score (nSPS) is 10.8. The maximum Gasteiger partial charge on any atom is 0.239 e. The van der Waals surface area contributed by atoms with Gasteiger partial charge in [0.15, 0.2) is 11.6 Å². The van der Waals surface area contributed by atoms with E-state index in [2.05, 4.69) is 4.98 Å². The Labute approximate surface area is 114 Å². The molecular weight excluding hydrogens is 285 g/mol. The minimum absolute atomic E-state index is 0.000933. The van der Waals surface area contributed by atoms with E-state index in [0.29, 0.717) is 0 Å². The van der Waals surface area contributed by atoms with Crippen LogP contribution in [0, 0.1) is 17.1 Å². The fourth-order valence-electron chi connectivity index (χ4n) is 1.36. The van der Waals surface area contributed by atoms with Crippen molar-refractivity contribution >= 4 is 10.0 Å². The molecule has 0 fully saturated rings. The molecule has 0 saturated heterocycles. The van der Waals surface area contributed by atoms with Crippen LogP contribution in [0.4, 0.5) is 4.39 Å². The summed E-state index contributed by atoms with van der Waals surface area (Å²) >= 11 is 0. The van der Waals surface area contributed by atoms with Gasteiger partial charge in [0.2, 0.25) is 15.9 Å². The Morgan fingerprint density at radius 2 is 2.05 bits per heavy atom. The fourth-order valence-corrected chi connectivity index (χ4v) is 1.82. The summed E-state index contributed by atoms with van der Waals surface area (Å²) in [5.41, 5.74) is 0.160. The van der Waals surface area contributed by atoms with Crippen LogP contribution in [0.3, 0.4) is 0 Å². The van der Waals surface area contributed by atoms with Gasteiger partial charge in [-0.05, 0) is 24.3 Å². The maximum atomic E-state index is 13.6. The van der Waals surface area contributed by atoms with Gasteiger partial charge in [-0.1, -0.05) is 0 Å². The lowest BCUT2D eigenvalue weighted by Crippen LogP contribution is -2.12. The molecule has 0 unspecified atom stereocenters. The monoisotopic (exact) mass is 293 g/mol. The van der Waals surface area contributed by atoms with E-state index in [4.69, 9.17) is 15.1 Å². The van der Waals surface area contributed by atoms with Crippen molar-refractivity contribution < 1.29 is 17.5 Å². The van der Waals surface area contributed by atoms with Crippen LogP contribution in [0.25, 0.3) is 0 Å². The standard InChI is InChI=1S/C12H8FN3O3S/c13-10-5-8(6-14)1-3-11(10)19-12-4-2-9(7-16-12)20(15,17)18/h1-5,7H,(H2,15,17,18). The van der Waals surface area contributed by atoms with Gasteiger partial charge in [-0.3, -0.25) is 0 Å². The molecule has 1 aromatic heterocycles. The number of primary sulfonamides is 1. The zero-order valence-electron chi connectivity index (χ0n) is 9.95. The Balaban J connectivity index is 2.25. The van der Waals surface area contributed by atoms with E-state index in [1.807, 2.05) is 0 Å². The highest BCUT2D eigenvalue weighted by molar-refractivity contribution is 7.89. The van der Waals surface area contributed by atoms with Gasteiger partial charge in [-0.25, -0.2) is 22.9 Å². The van der Waals surface area contributed by atoms with Crippen LogP contribution >= 0.6 is 0 Å². The first kappa shape index (κ1) is 13.9. The van der Waals surface area contributed by atoms with Crippen LogP contribution in [0.2, 0.25) is 0 Å². The highest BCUT2D eigenvalue weighted by atomic mass is 32.2. The molecule has 0 aliphatic carbocycles. The van der Waals surface area contributed by atoms with Crippen LogP contribution in [0.5, 0.6) is 11.6 Å². The van der Waals surface area contributed by atoms with Crippen molar-refractivity contribution in [1.29, 1.82) is 5.26 Å². The van der Waals surface area contributed by atoms with Gasteiger partial charge in [0.25, 0.3) is 0 Å². The molecular formula is C12H8FN3O3S. The SMILES string of the molecule is N#Cc1ccc(Oc2ccc(S(N)(=O)=O)cn2)c(F)c1. The highest BCUT2D eigenvalue weighted by Crippen LogP contribution is 2.24. The topological polar surface area (TPSA) is 106 Å². The second-order valence-corrected chi connectivity index (χ2v) is 5.30. The molecule has 2 rings (SSSR count). The first-order valence-corrected chi connectivity index (χ1v) is 6.81. The Morgan fingerprint density at radius 3 is 2.55 bits per heavy atom. The molecule has 0 saturated carbocycles. The number of ether oxygens (including phenoxy) is 1. The van der Waals surface area contributed by atoms with Gasteiger partial charge in [0.1, 0.15) is 4.90 Å². The molecule has 8 heteroatoms. The van der Waals surface area contributed by atoms with Crippen molar-refractivity contribution in [1.82, 2.24) is 4.98 Å². The summed E-state index contributed by atoms with van der Waals surface area (Å²) in [7, 11) is -3.84. The molecule has 20 heavy (non-hydrogen) atoms. The first-order chi connectivity index (χ1) is 9.40. The van der Waals surface area contributed by atoms with Crippen LogP contribution < -0.4 is 9.88 Å². The van der Waals surface area contributed by atoms with E-state index in [-0.39, 0.29) is 22.1 Å². The van der Waals surface area contributed by atoms with Crippen LogP contribution in [-0.2, 0) is 10.0 Å². The number of nitrogens with zero attached hydrogens (tertiary/aromatic N) is 2. The molecule has 0 aliphatic heterocycles. The third kappa shape index (κ3) is 3.09. The molecule has 102 valence electrons. The molecule has 0 aliphatic rings. The maximum absolute atomic E-state index is 13.6. The number of halogens is 1. The molecule has 0 spiro atoms. The van der Waals surface area contributed by atoms with E-state index in [1.54, 1.807) is 6.07 Å². The van der Waals surface area contributed by atoms with Gasteiger partial charge in [-0.15, -0.1) is 0 Å². The number of sulfonamides is 1. The number of hydrogen-bond acceptors (Lipinski definition) is 5. The average Bonchev–Trinajstić information content (AvgIpc) is 2.40.